The van der Waals surface area contributed by atoms with Gasteiger partial charge in [0.1, 0.15) is 0 Å². The Morgan fingerprint density at radius 3 is 3.00 bits per heavy atom. The van der Waals surface area contributed by atoms with Gasteiger partial charge in [-0.15, -0.1) is 11.6 Å². The molecule has 0 fully saturated rings. The molecule has 14 heavy (non-hydrogen) atoms. The molecule has 1 aliphatic rings. The molecule has 0 heterocycles. The van der Waals surface area contributed by atoms with Crippen molar-refractivity contribution in [3.63, 3.8) is 0 Å². The SMILES string of the molecule is CC1CCc2ccc(Br)cc2C(Cl)C1. The summed E-state index contributed by atoms with van der Waals surface area (Å²) >= 11 is 9.90. The molecule has 1 aliphatic carbocycles. The first-order valence-electron chi connectivity index (χ1n) is 5.09. The largest absolute Gasteiger partial charge is 0.118 e. The lowest BCUT2D eigenvalue weighted by Crippen LogP contribution is -1.96. The summed E-state index contributed by atoms with van der Waals surface area (Å²) < 4.78 is 1.14. The summed E-state index contributed by atoms with van der Waals surface area (Å²) in [6.07, 6.45) is 3.54. The fourth-order valence-electron chi connectivity index (χ4n) is 2.09. The van der Waals surface area contributed by atoms with Crippen molar-refractivity contribution in [3.8, 4) is 0 Å². The molecular weight excluding hydrogens is 259 g/mol. The molecule has 0 N–H and O–H groups in total. The van der Waals surface area contributed by atoms with E-state index in [4.69, 9.17) is 11.6 Å². The zero-order valence-corrected chi connectivity index (χ0v) is 10.6. The maximum absolute atomic E-state index is 6.40. The average molecular weight is 274 g/mol. The molecule has 2 atom stereocenters. The Bertz CT molecular complexity index is 335. The van der Waals surface area contributed by atoms with Crippen molar-refractivity contribution in [3.05, 3.63) is 33.8 Å². The number of halogens is 2. The van der Waals surface area contributed by atoms with Crippen molar-refractivity contribution in [1.82, 2.24) is 0 Å². The number of aryl methyl sites for hydroxylation is 1. The number of hydrogen-bond acceptors (Lipinski definition) is 0. The van der Waals surface area contributed by atoms with Crippen molar-refractivity contribution >= 4 is 27.5 Å². The molecular formula is C12H14BrCl. The first-order chi connectivity index (χ1) is 6.66. The molecule has 0 nitrogen and oxygen atoms in total. The maximum Gasteiger partial charge on any atom is 0.0590 e. The number of alkyl halides is 1. The van der Waals surface area contributed by atoms with E-state index in [9.17, 15) is 0 Å². The molecule has 0 spiro atoms. The zero-order chi connectivity index (χ0) is 10.1. The van der Waals surface area contributed by atoms with Gasteiger partial charge in [-0.2, -0.15) is 0 Å². The van der Waals surface area contributed by atoms with Crippen molar-refractivity contribution in [2.75, 3.05) is 0 Å². The maximum atomic E-state index is 6.40. The van der Waals surface area contributed by atoms with Crippen LogP contribution in [-0.4, -0.2) is 0 Å². The van der Waals surface area contributed by atoms with Crippen LogP contribution in [0.3, 0.4) is 0 Å². The van der Waals surface area contributed by atoms with Gasteiger partial charge in [0.05, 0.1) is 5.38 Å². The minimum atomic E-state index is 0.194. The van der Waals surface area contributed by atoms with E-state index in [0.717, 1.165) is 16.8 Å². The lowest BCUT2D eigenvalue weighted by atomic mass is 10.0. The molecule has 0 radical (unpaired) electrons. The summed E-state index contributed by atoms with van der Waals surface area (Å²) in [6.45, 7) is 2.29. The predicted molar refractivity (Wildman–Crippen MR) is 64.8 cm³/mol. The average Bonchev–Trinajstić information content (AvgIpc) is 2.27. The van der Waals surface area contributed by atoms with Gasteiger partial charge in [-0.25, -0.2) is 0 Å². The van der Waals surface area contributed by atoms with E-state index in [1.807, 2.05) is 0 Å². The normalized spacial score (nSPS) is 26.8. The second-order valence-corrected chi connectivity index (χ2v) is 5.63. The van der Waals surface area contributed by atoms with Gasteiger partial charge >= 0.3 is 0 Å². The Morgan fingerprint density at radius 2 is 2.21 bits per heavy atom. The van der Waals surface area contributed by atoms with Crippen LogP contribution >= 0.6 is 27.5 Å². The highest BCUT2D eigenvalue weighted by molar-refractivity contribution is 9.10. The Hall–Kier alpha value is -0.0100. The van der Waals surface area contributed by atoms with Crippen LogP contribution < -0.4 is 0 Å². The van der Waals surface area contributed by atoms with Crippen LogP contribution in [0.4, 0.5) is 0 Å². The van der Waals surface area contributed by atoms with Crippen LogP contribution in [0.25, 0.3) is 0 Å². The number of benzene rings is 1. The Balaban J connectivity index is 2.39. The molecule has 0 saturated heterocycles. The molecule has 0 bridgehead atoms. The third-order valence-electron chi connectivity index (χ3n) is 2.96. The minimum absolute atomic E-state index is 0.194. The van der Waals surface area contributed by atoms with E-state index in [-0.39, 0.29) is 5.38 Å². The molecule has 0 saturated carbocycles. The molecule has 2 rings (SSSR count). The second kappa shape index (κ2) is 4.24. The van der Waals surface area contributed by atoms with E-state index in [0.29, 0.717) is 0 Å². The monoisotopic (exact) mass is 272 g/mol. The molecule has 1 aromatic rings. The standard InChI is InChI=1S/C12H14BrCl/c1-8-2-3-9-4-5-10(13)7-11(9)12(14)6-8/h4-5,7-8,12H,2-3,6H2,1H3. The molecule has 0 amide bonds. The molecule has 1 aromatic carbocycles. The lowest BCUT2D eigenvalue weighted by molar-refractivity contribution is 0.503. The van der Waals surface area contributed by atoms with E-state index in [1.165, 1.54) is 24.0 Å². The van der Waals surface area contributed by atoms with Crippen LogP contribution in [0, 0.1) is 5.92 Å². The molecule has 0 aliphatic heterocycles. The smallest absolute Gasteiger partial charge is 0.0590 e. The summed E-state index contributed by atoms with van der Waals surface area (Å²) in [6, 6.07) is 6.48. The lowest BCUT2D eigenvalue weighted by Gasteiger charge is -2.12. The van der Waals surface area contributed by atoms with Gasteiger partial charge in [-0.1, -0.05) is 28.9 Å². The molecule has 0 aromatic heterocycles. The Labute approximate surface area is 98.8 Å². The van der Waals surface area contributed by atoms with E-state index < -0.39 is 0 Å². The van der Waals surface area contributed by atoms with Crippen LogP contribution in [0.5, 0.6) is 0 Å². The van der Waals surface area contributed by atoms with Crippen molar-refractivity contribution < 1.29 is 0 Å². The number of hydrogen-bond donors (Lipinski definition) is 0. The fourth-order valence-corrected chi connectivity index (χ4v) is 2.97. The fraction of sp³-hybridized carbons (Fsp3) is 0.500. The summed E-state index contributed by atoms with van der Waals surface area (Å²) in [4.78, 5) is 0. The summed E-state index contributed by atoms with van der Waals surface area (Å²) in [5.41, 5.74) is 2.75. The van der Waals surface area contributed by atoms with Gasteiger partial charge in [0.2, 0.25) is 0 Å². The highest BCUT2D eigenvalue weighted by atomic mass is 79.9. The Kier molecular flexibility index (Phi) is 3.18. The van der Waals surface area contributed by atoms with Gasteiger partial charge in [-0.05, 0) is 48.4 Å². The summed E-state index contributed by atoms with van der Waals surface area (Å²) in [5.74, 6) is 0.740. The first-order valence-corrected chi connectivity index (χ1v) is 6.32. The van der Waals surface area contributed by atoms with Crippen LogP contribution in [0.1, 0.15) is 36.3 Å². The van der Waals surface area contributed by atoms with E-state index >= 15 is 0 Å². The van der Waals surface area contributed by atoms with Gasteiger partial charge < -0.3 is 0 Å². The van der Waals surface area contributed by atoms with E-state index in [2.05, 4.69) is 41.1 Å². The third kappa shape index (κ3) is 2.14. The van der Waals surface area contributed by atoms with Gasteiger partial charge in [0.25, 0.3) is 0 Å². The molecule has 2 heteroatoms. The van der Waals surface area contributed by atoms with Crippen LogP contribution in [0.2, 0.25) is 0 Å². The quantitative estimate of drug-likeness (QED) is 0.475. The van der Waals surface area contributed by atoms with Gasteiger partial charge in [0.15, 0.2) is 0 Å². The number of fused-ring (bicyclic) bond motifs is 1. The van der Waals surface area contributed by atoms with Crippen LogP contribution in [-0.2, 0) is 6.42 Å². The van der Waals surface area contributed by atoms with Gasteiger partial charge in [0, 0.05) is 4.47 Å². The summed E-state index contributed by atoms with van der Waals surface area (Å²) in [5, 5.41) is 0.194. The van der Waals surface area contributed by atoms with Crippen molar-refractivity contribution in [1.29, 1.82) is 0 Å². The zero-order valence-electron chi connectivity index (χ0n) is 8.26. The van der Waals surface area contributed by atoms with Crippen molar-refractivity contribution in [2.45, 2.75) is 31.6 Å². The highest BCUT2D eigenvalue weighted by Crippen LogP contribution is 2.37. The predicted octanol–water partition coefficient (Wildman–Crippen LogP) is 4.70. The third-order valence-corrected chi connectivity index (χ3v) is 3.87. The van der Waals surface area contributed by atoms with Gasteiger partial charge in [-0.3, -0.25) is 0 Å². The summed E-state index contributed by atoms with van der Waals surface area (Å²) in [7, 11) is 0. The number of rotatable bonds is 0. The van der Waals surface area contributed by atoms with Crippen LogP contribution in [0.15, 0.2) is 22.7 Å². The van der Waals surface area contributed by atoms with E-state index in [1.54, 1.807) is 0 Å². The second-order valence-electron chi connectivity index (χ2n) is 4.19. The topological polar surface area (TPSA) is 0 Å². The molecule has 76 valence electrons. The first kappa shape index (κ1) is 10.5. The molecule has 2 unspecified atom stereocenters. The Morgan fingerprint density at radius 1 is 1.43 bits per heavy atom. The minimum Gasteiger partial charge on any atom is -0.118 e. The van der Waals surface area contributed by atoms with Crippen molar-refractivity contribution in [2.24, 2.45) is 5.92 Å². The highest BCUT2D eigenvalue weighted by Gasteiger charge is 2.20.